The van der Waals surface area contributed by atoms with E-state index in [9.17, 15) is 4.79 Å². The van der Waals surface area contributed by atoms with Gasteiger partial charge in [-0.2, -0.15) is 0 Å². The molecular formula is C15H14Br2N2OS. The first-order valence-corrected chi connectivity index (χ1v) is 8.98. The van der Waals surface area contributed by atoms with Crippen molar-refractivity contribution in [1.29, 1.82) is 0 Å². The van der Waals surface area contributed by atoms with E-state index in [2.05, 4.69) is 57.0 Å². The minimum Gasteiger partial charge on any atom is -0.295 e. The van der Waals surface area contributed by atoms with Crippen LogP contribution in [0.4, 0.5) is 0 Å². The largest absolute Gasteiger partial charge is 0.328 e. The van der Waals surface area contributed by atoms with Gasteiger partial charge in [0.25, 0.3) is 0 Å². The predicted molar refractivity (Wildman–Crippen MR) is 95.7 cm³/mol. The fourth-order valence-electron chi connectivity index (χ4n) is 2.45. The number of imidazole rings is 1. The van der Waals surface area contributed by atoms with E-state index >= 15 is 0 Å². The van der Waals surface area contributed by atoms with E-state index < -0.39 is 0 Å². The van der Waals surface area contributed by atoms with Crippen LogP contribution in [0.2, 0.25) is 0 Å². The van der Waals surface area contributed by atoms with Crippen molar-refractivity contribution in [1.82, 2.24) is 9.13 Å². The molecule has 0 aliphatic rings. The second-order valence-corrected chi connectivity index (χ2v) is 8.43. The number of thiophene rings is 1. The van der Waals surface area contributed by atoms with Gasteiger partial charge in [0.1, 0.15) is 0 Å². The maximum atomic E-state index is 12.0. The van der Waals surface area contributed by atoms with Crippen molar-refractivity contribution >= 4 is 54.2 Å². The number of alkyl halides is 1. The van der Waals surface area contributed by atoms with Crippen LogP contribution in [0.15, 0.2) is 32.8 Å². The molecule has 0 saturated carbocycles. The molecule has 110 valence electrons. The Morgan fingerprint density at radius 3 is 2.43 bits per heavy atom. The third kappa shape index (κ3) is 2.43. The highest BCUT2D eigenvalue weighted by molar-refractivity contribution is 9.11. The van der Waals surface area contributed by atoms with Gasteiger partial charge in [0.2, 0.25) is 0 Å². The smallest absolute Gasteiger partial charge is 0.295 e. The first-order valence-electron chi connectivity index (χ1n) is 6.45. The number of aromatic nitrogens is 2. The van der Waals surface area contributed by atoms with Crippen LogP contribution in [0.1, 0.15) is 20.8 Å². The molecule has 21 heavy (non-hydrogen) atoms. The highest BCUT2D eigenvalue weighted by Gasteiger charge is 2.16. The van der Waals surface area contributed by atoms with Crippen molar-refractivity contribution in [3.05, 3.63) is 54.5 Å². The van der Waals surface area contributed by atoms with Crippen LogP contribution in [0.3, 0.4) is 0 Å². The number of fused-ring (bicyclic) bond motifs is 1. The molecule has 2 heterocycles. The Labute approximate surface area is 143 Å². The third-order valence-corrected chi connectivity index (χ3v) is 7.24. The highest BCUT2D eigenvalue weighted by Crippen LogP contribution is 2.39. The van der Waals surface area contributed by atoms with E-state index in [0.717, 1.165) is 20.4 Å². The topological polar surface area (TPSA) is 26.9 Å². The molecule has 3 aromatic rings. The summed E-state index contributed by atoms with van der Waals surface area (Å²) in [6, 6.07) is 8.35. The third-order valence-electron chi connectivity index (χ3n) is 3.71. The summed E-state index contributed by atoms with van der Waals surface area (Å²) < 4.78 is 4.53. The molecule has 0 radical (unpaired) electrons. The van der Waals surface area contributed by atoms with Gasteiger partial charge < -0.3 is 0 Å². The van der Waals surface area contributed by atoms with Crippen LogP contribution in [0.25, 0.3) is 11.0 Å². The Balaban J connectivity index is 2.12. The van der Waals surface area contributed by atoms with E-state index in [4.69, 9.17) is 0 Å². The SMILES string of the molecule is Cc1cc(C(Br)c2ccc3c(c2)n(C)c(=O)n3C)sc1Br. The molecule has 0 fully saturated rings. The summed E-state index contributed by atoms with van der Waals surface area (Å²) in [6.07, 6.45) is 0. The van der Waals surface area contributed by atoms with Crippen molar-refractivity contribution in [2.24, 2.45) is 14.1 Å². The summed E-state index contributed by atoms with van der Waals surface area (Å²) in [5, 5.41) is 0. The van der Waals surface area contributed by atoms with E-state index in [1.165, 1.54) is 10.4 Å². The monoisotopic (exact) mass is 428 g/mol. The zero-order valence-electron chi connectivity index (χ0n) is 11.9. The van der Waals surface area contributed by atoms with Crippen molar-refractivity contribution in [3.8, 4) is 0 Å². The quantitative estimate of drug-likeness (QED) is 0.551. The van der Waals surface area contributed by atoms with Crippen LogP contribution in [0.5, 0.6) is 0 Å². The lowest BCUT2D eigenvalue weighted by molar-refractivity contribution is 0.795. The molecule has 1 atom stereocenters. The second kappa shape index (κ2) is 5.41. The zero-order chi connectivity index (χ0) is 15.3. The van der Waals surface area contributed by atoms with Crippen LogP contribution >= 0.6 is 43.2 Å². The van der Waals surface area contributed by atoms with E-state index in [1.807, 2.05) is 13.1 Å². The maximum absolute atomic E-state index is 12.0. The number of aryl methyl sites for hydroxylation is 3. The van der Waals surface area contributed by atoms with Gasteiger partial charge in [-0.25, -0.2) is 4.79 Å². The molecule has 2 aromatic heterocycles. The summed E-state index contributed by atoms with van der Waals surface area (Å²) in [7, 11) is 3.61. The molecular weight excluding hydrogens is 416 g/mol. The van der Waals surface area contributed by atoms with Gasteiger partial charge in [-0.15, -0.1) is 11.3 Å². The second-order valence-electron chi connectivity index (χ2n) is 5.12. The molecule has 1 aromatic carbocycles. The molecule has 0 N–H and O–H groups in total. The lowest BCUT2D eigenvalue weighted by atomic mass is 10.1. The van der Waals surface area contributed by atoms with Crippen molar-refractivity contribution in [2.75, 3.05) is 0 Å². The molecule has 0 bridgehead atoms. The van der Waals surface area contributed by atoms with E-state index in [1.54, 1.807) is 27.5 Å². The Hall–Kier alpha value is -0.850. The van der Waals surface area contributed by atoms with Gasteiger partial charge in [-0.3, -0.25) is 9.13 Å². The molecule has 6 heteroatoms. The Bertz CT molecular complexity index is 872. The van der Waals surface area contributed by atoms with Crippen LogP contribution in [-0.2, 0) is 14.1 Å². The number of hydrogen-bond donors (Lipinski definition) is 0. The summed E-state index contributed by atoms with van der Waals surface area (Å²) >= 11 is 9.07. The first kappa shape index (κ1) is 15.1. The van der Waals surface area contributed by atoms with E-state index in [0.29, 0.717) is 0 Å². The minimum atomic E-state index is 0.00276. The van der Waals surface area contributed by atoms with Crippen molar-refractivity contribution in [3.63, 3.8) is 0 Å². The van der Waals surface area contributed by atoms with Crippen LogP contribution in [0, 0.1) is 6.92 Å². The minimum absolute atomic E-state index is 0.00276. The maximum Gasteiger partial charge on any atom is 0.328 e. The standard InChI is InChI=1S/C15H14Br2N2OS/c1-8-6-12(21-14(8)17)13(16)9-4-5-10-11(7-9)19(3)15(20)18(10)2/h4-7,13H,1-3H3. The average molecular weight is 430 g/mol. The Kier molecular flexibility index (Phi) is 3.88. The summed E-state index contributed by atoms with van der Waals surface area (Å²) in [4.78, 5) is 13.4. The summed E-state index contributed by atoms with van der Waals surface area (Å²) in [5.74, 6) is 0. The number of nitrogens with zero attached hydrogens (tertiary/aromatic N) is 2. The molecule has 0 aliphatic carbocycles. The van der Waals surface area contributed by atoms with Gasteiger partial charge in [0.05, 0.1) is 19.6 Å². The predicted octanol–water partition coefficient (Wildman–Crippen LogP) is 4.49. The fourth-order valence-corrected chi connectivity index (χ4v) is 4.73. The van der Waals surface area contributed by atoms with Gasteiger partial charge in [-0.05, 0) is 52.2 Å². The van der Waals surface area contributed by atoms with Gasteiger partial charge in [0.15, 0.2) is 0 Å². The van der Waals surface area contributed by atoms with Gasteiger partial charge >= 0.3 is 5.69 Å². The number of hydrogen-bond acceptors (Lipinski definition) is 2. The van der Waals surface area contributed by atoms with Crippen LogP contribution in [-0.4, -0.2) is 9.13 Å². The molecule has 0 saturated heterocycles. The highest BCUT2D eigenvalue weighted by atomic mass is 79.9. The van der Waals surface area contributed by atoms with Crippen molar-refractivity contribution in [2.45, 2.75) is 11.8 Å². The Morgan fingerprint density at radius 1 is 1.14 bits per heavy atom. The van der Waals surface area contributed by atoms with Crippen molar-refractivity contribution < 1.29 is 0 Å². The first-order chi connectivity index (χ1) is 9.90. The summed E-state index contributed by atoms with van der Waals surface area (Å²) in [5.41, 5.74) is 4.30. The molecule has 0 amide bonds. The van der Waals surface area contributed by atoms with Crippen LogP contribution < -0.4 is 5.69 Å². The fraction of sp³-hybridized carbons (Fsp3) is 0.267. The average Bonchev–Trinajstić information content (AvgIpc) is 2.92. The Morgan fingerprint density at radius 2 is 1.81 bits per heavy atom. The number of halogens is 2. The zero-order valence-corrected chi connectivity index (χ0v) is 15.8. The molecule has 1 unspecified atom stereocenters. The lowest BCUT2D eigenvalue weighted by Crippen LogP contribution is -2.19. The molecule has 0 aliphatic heterocycles. The van der Waals surface area contributed by atoms with Gasteiger partial charge in [0, 0.05) is 19.0 Å². The normalized spacial score (nSPS) is 13.0. The molecule has 3 rings (SSSR count). The summed E-state index contributed by atoms with van der Waals surface area (Å²) in [6.45, 7) is 2.09. The molecule has 0 spiro atoms. The lowest BCUT2D eigenvalue weighted by Gasteiger charge is -2.08. The van der Waals surface area contributed by atoms with E-state index in [-0.39, 0.29) is 10.5 Å². The van der Waals surface area contributed by atoms with Gasteiger partial charge in [-0.1, -0.05) is 22.0 Å². The number of rotatable bonds is 2. The number of benzene rings is 1. The molecule has 3 nitrogen and oxygen atoms in total.